The summed E-state index contributed by atoms with van der Waals surface area (Å²) < 4.78 is 27.6. The lowest BCUT2D eigenvalue weighted by Crippen LogP contribution is -2.38. The Morgan fingerprint density at radius 2 is 1.69 bits per heavy atom. The number of benzene rings is 2. The third-order valence-corrected chi connectivity index (χ3v) is 6.69. The average molecular weight is 375 g/mol. The molecule has 2 nitrogen and oxygen atoms in total. The van der Waals surface area contributed by atoms with Crippen LogP contribution < -0.4 is 5.32 Å². The normalized spacial score (nSPS) is 17.5. The van der Waals surface area contributed by atoms with Crippen LogP contribution in [0.25, 0.3) is 0 Å². The van der Waals surface area contributed by atoms with Gasteiger partial charge in [-0.15, -0.1) is 0 Å². The summed E-state index contributed by atoms with van der Waals surface area (Å²) in [7, 11) is 1.58. The minimum atomic E-state index is -0.875. The maximum atomic E-state index is 14.9. The molecular weight excluding hydrogens is 352 g/mol. The van der Waals surface area contributed by atoms with Gasteiger partial charge in [-0.25, -0.2) is 8.78 Å². The zero-order valence-electron chi connectivity index (χ0n) is 14.8. The molecule has 0 aliphatic heterocycles. The van der Waals surface area contributed by atoms with Crippen LogP contribution in [0.15, 0.2) is 48.5 Å². The van der Waals surface area contributed by atoms with Crippen LogP contribution in [0.2, 0.25) is 0 Å². The number of rotatable bonds is 4. The first-order valence-corrected chi connectivity index (χ1v) is 9.81. The smallest absolute Gasteiger partial charge is 0.280 e. The summed E-state index contributed by atoms with van der Waals surface area (Å²) in [6, 6.07) is 12.8. The number of nitrogens with one attached hydrogen (secondary N) is 1. The molecule has 0 heterocycles. The Morgan fingerprint density at radius 3 is 2.31 bits per heavy atom. The Hall–Kier alpha value is -1.88. The van der Waals surface area contributed by atoms with Crippen molar-refractivity contribution in [3.8, 4) is 0 Å². The number of hydrogen-bond acceptors (Lipinski definition) is 2. The first-order chi connectivity index (χ1) is 12.6. The highest BCUT2D eigenvalue weighted by Crippen LogP contribution is 2.54. The molecule has 1 N–H and O–H groups in total. The van der Waals surface area contributed by atoms with Crippen LogP contribution >= 0.6 is 11.8 Å². The predicted octanol–water partition coefficient (Wildman–Crippen LogP) is 5.86. The molecule has 0 spiro atoms. The van der Waals surface area contributed by atoms with Gasteiger partial charge in [0.1, 0.15) is 11.6 Å². The fraction of sp³-hybridized carbons (Fsp3) is 0.381. The average Bonchev–Trinajstić information content (AvgIpc) is 2.68. The van der Waals surface area contributed by atoms with Crippen molar-refractivity contribution in [3.05, 3.63) is 71.3 Å². The van der Waals surface area contributed by atoms with Gasteiger partial charge in [0.25, 0.3) is 5.24 Å². The van der Waals surface area contributed by atoms with Gasteiger partial charge in [-0.1, -0.05) is 49.6 Å². The van der Waals surface area contributed by atoms with Crippen molar-refractivity contribution >= 4 is 17.0 Å². The van der Waals surface area contributed by atoms with Crippen LogP contribution in [0.4, 0.5) is 13.6 Å². The fourth-order valence-corrected chi connectivity index (χ4v) is 5.30. The Morgan fingerprint density at radius 1 is 1.04 bits per heavy atom. The zero-order valence-corrected chi connectivity index (χ0v) is 15.6. The highest BCUT2D eigenvalue weighted by atomic mass is 32.2. The molecule has 1 saturated carbocycles. The van der Waals surface area contributed by atoms with Crippen LogP contribution in [0.3, 0.4) is 0 Å². The molecule has 26 heavy (non-hydrogen) atoms. The van der Waals surface area contributed by atoms with Gasteiger partial charge in [-0.3, -0.25) is 4.79 Å². The summed E-state index contributed by atoms with van der Waals surface area (Å²) in [5, 5.41) is 2.44. The summed E-state index contributed by atoms with van der Waals surface area (Å²) >= 11 is 1.11. The third-order valence-electron chi connectivity index (χ3n) is 5.18. The maximum Gasteiger partial charge on any atom is 0.280 e. The molecule has 1 amide bonds. The van der Waals surface area contributed by atoms with Crippen molar-refractivity contribution in [2.45, 2.75) is 36.9 Å². The fourth-order valence-electron chi connectivity index (χ4n) is 3.97. The zero-order chi connectivity index (χ0) is 18.6. The van der Waals surface area contributed by atoms with E-state index in [-0.39, 0.29) is 22.8 Å². The summed E-state index contributed by atoms with van der Waals surface area (Å²) in [6.07, 6.45) is 5.08. The van der Waals surface area contributed by atoms with Crippen molar-refractivity contribution in [1.29, 1.82) is 0 Å². The van der Waals surface area contributed by atoms with E-state index in [2.05, 4.69) is 5.32 Å². The first-order valence-electron chi connectivity index (χ1n) is 8.99. The lowest BCUT2D eigenvalue weighted by molar-refractivity contribution is 0.260. The molecule has 0 aromatic heterocycles. The Kier molecular flexibility index (Phi) is 5.97. The number of carbonyl (C=O) groups is 1. The number of hydrogen-bond donors (Lipinski definition) is 1. The molecule has 1 aliphatic carbocycles. The molecule has 2 aromatic rings. The van der Waals surface area contributed by atoms with E-state index in [1.807, 2.05) is 0 Å². The van der Waals surface area contributed by atoms with Gasteiger partial charge in [0.05, 0.1) is 4.75 Å². The van der Waals surface area contributed by atoms with E-state index in [0.717, 1.165) is 49.4 Å². The van der Waals surface area contributed by atoms with E-state index in [1.165, 1.54) is 18.2 Å². The molecular formula is C21H23F2NOS. The predicted molar refractivity (Wildman–Crippen MR) is 102 cm³/mol. The lowest BCUT2D eigenvalue weighted by atomic mass is 9.72. The number of amides is 1. The second-order valence-electron chi connectivity index (χ2n) is 6.70. The highest BCUT2D eigenvalue weighted by molar-refractivity contribution is 8.14. The van der Waals surface area contributed by atoms with Crippen molar-refractivity contribution < 1.29 is 13.6 Å². The number of thioether (sulfide) groups is 1. The van der Waals surface area contributed by atoms with Crippen LogP contribution in [-0.4, -0.2) is 12.3 Å². The molecule has 2 aromatic carbocycles. The van der Waals surface area contributed by atoms with E-state index < -0.39 is 4.75 Å². The quantitative estimate of drug-likeness (QED) is 0.725. The molecule has 0 radical (unpaired) electrons. The molecule has 1 atom stereocenters. The summed E-state index contributed by atoms with van der Waals surface area (Å²) in [4.78, 5) is 12.5. The minimum Gasteiger partial charge on any atom is -0.350 e. The van der Waals surface area contributed by atoms with Gasteiger partial charge < -0.3 is 5.32 Å². The maximum absolute atomic E-state index is 14.9. The van der Waals surface area contributed by atoms with Crippen molar-refractivity contribution in [2.75, 3.05) is 7.05 Å². The number of halogens is 2. The van der Waals surface area contributed by atoms with Gasteiger partial charge in [0, 0.05) is 12.6 Å². The third kappa shape index (κ3) is 3.63. The largest absolute Gasteiger partial charge is 0.350 e. The molecule has 1 fully saturated rings. The van der Waals surface area contributed by atoms with Crippen LogP contribution in [-0.2, 0) is 4.75 Å². The molecule has 1 unspecified atom stereocenters. The Balaban J connectivity index is 2.23. The summed E-state index contributed by atoms with van der Waals surface area (Å²) in [5.74, 6) is -0.579. The molecule has 5 heteroatoms. The van der Waals surface area contributed by atoms with E-state index >= 15 is 0 Å². The van der Waals surface area contributed by atoms with Crippen LogP contribution in [0.1, 0.15) is 43.2 Å². The van der Waals surface area contributed by atoms with Gasteiger partial charge in [0.15, 0.2) is 0 Å². The minimum absolute atomic E-state index is 0.0981. The first kappa shape index (κ1) is 18.9. The summed E-state index contributed by atoms with van der Waals surface area (Å²) in [5.41, 5.74) is 1.26. The van der Waals surface area contributed by atoms with Crippen LogP contribution in [0.5, 0.6) is 0 Å². The molecule has 1 aliphatic rings. The Bertz CT molecular complexity index is 759. The second kappa shape index (κ2) is 8.21. The Labute approximate surface area is 157 Å². The van der Waals surface area contributed by atoms with Crippen LogP contribution in [0, 0.1) is 17.6 Å². The molecule has 0 bridgehead atoms. The topological polar surface area (TPSA) is 29.1 Å². The van der Waals surface area contributed by atoms with Gasteiger partial charge in [0.2, 0.25) is 0 Å². The van der Waals surface area contributed by atoms with E-state index in [9.17, 15) is 13.6 Å². The van der Waals surface area contributed by atoms with E-state index in [4.69, 9.17) is 0 Å². The SMILES string of the molecule is CNC(=O)SC(c1ccc(F)cc1)(c1ccccc1F)C1CCCCC1. The van der Waals surface area contributed by atoms with Gasteiger partial charge in [-0.2, -0.15) is 0 Å². The van der Waals surface area contributed by atoms with E-state index in [0.29, 0.717) is 5.56 Å². The van der Waals surface area contributed by atoms with Crippen molar-refractivity contribution in [2.24, 2.45) is 5.92 Å². The molecule has 3 rings (SSSR count). The monoisotopic (exact) mass is 375 g/mol. The number of carbonyl (C=O) groups excluding carboxylic acids is 1. The second-order valence-corrected chi connectivity index (χ2v) is 7.92. The van der Waals surface area contributed by atoms with Crippen molar-refractivity contribution in [1.82, 2.24) is 5.32 Å². The molecule has 138 valence electrons. The van der Waals surface area contributed by atoms with Gasteiger partial charge >= 0.3 is 0 Å². The van der Waals surface area contributed by atoms with Crippen molar-refractivity contribution in [3.63, 3.8) is 0 Å². The summed E-state index contributed by atoms with van der Waals surface area (Å²) in [6.45, 7) is 0. The highest BCUT2D eigenvalue weighted by Gasteiger charge is 2.46. The standard InChI is InChI=1S/C21H23F2NOS/c1-24-20(25)26-21(15-7-3-2-4-8-15,16-11-13-17(22)14-12-16)18-9-5-6-10-19(18)23/h5-6,9-15H,2-4,7-8H2,1H3,(H,24,25). The van der Waals surface area contributed by atoms with Gasteiger partial charge in [-0.05, 0) is 54.3 Å². The van der Waals surface area contributed by atoms with E-state index in [1.54, 1.807) is 37.4 Å². The molecule has 0 saturated heterocycles. The lowest BCUT2D eigenvalue weighted by Gasteiger charge is -2.42.